The molecule has 0 aromatic heterocycles. The second kappa shape index (κ2) is 13.3. The Balaban J connectivity index is 1.60. The molecule has 0 unspecified atom stereocenters. The normalized spacial score (nSPS) is 11.5. The number of rotatable bonds is 11. The van der Waals surface area contributed by atoms with Crippen LogP contribution in [0.2, 0.25) is 0 Å². The van der Waals surface area contributed by atoms with E-state index in [1.165, 1.54) is 12.1 Å². The van der Waals surface area contributed by atoms with E-state index in [-0.39, 0.29) is 30.6 Å². The number of benzene rings is 4. The van der Waals surface area contributed by atoms with Crippen molar-refractivity contribution in [3.63, 3.8) is 0 Å². The second-order valence-electron chi connectivity index (χ2n) is 9.54. The molecular formula is C33H33FN2O2. The second-order valence-corrected chi connectivity index (χ2v) is 9.54. The van der Waals surface area contributed by atoms with Gasteiger partial charge in [0, 0.05) is 25.9 Å². The first kappa shape index (κ1) is 26.8. The molecule has 0 aliphatic carbocycles. The zero-order chi connectivity index (χ0) is 26.7. The van der Waals surface area contributed by atoms with Gasteiger partial charge in [0.2, 0.25) is 11.8 Å². The van der Waals surface area contributed by atoms with Crippen LogP contribution in [-0.4, -0.2) is 22.8 Å². The van der Waals surface area contributed by atoms with Crippen LogP contribution in [0.25, 0.3) is 0 Å². The third-order valence-electron chi connectivity index (χ3n) is 6.59. The van der Waals surface area contributed by atoms with Gasteiger partial charge >= 0.3 is 0 Å². The summed E-state index contributed by atoms with van der Waals surface area (Å²) >= 11 is 0. The number of nitrogens with zero attached hydrogens (tertiary/aromatic N) is 1. The number of nitrogens with one attached hydrogen (secondary N) is 1. The molecule has 2 amide bonds. The molecule has 4 nitrogen and oxygen atoms in total. The van der Waals surface area contributed by atoms with Gasteiger partial charge in [-0.05, 0) is 47.7 Å². The van der Waals surface area contributed by atoms with Crippen molar-refractivity contribution in [3.8, 4) is 0 Å². The molecule has 4 aromatic carbocycles. The zero-order valence-electron chi connectivity index (χ0n) is 21.6. The fourth-order valence-corrected chi connectivity index (χ4v) is 4.39. The van der Waals surface area contributed by atoms with Gasteiger partial charge < -0.3 is 10.2 Å². The fourth-order valence-electron chi connectivity index (χ4n) is 4.39. The van der Waals surface area contributed by atoms with Gasteiger partial charge in [0.15, 0.2) is 0 Å². The lowest BCUT2D eigenvalue weighted by Crippen LogP contribution is -2.50. The number of hydrogen-bond acceptors (Lipinski definition) is 2. The predicted molar refractivity (Wildman–Crippen MR) is 149 cm³/mol. The minimum absolute atomic E-state index is 0.121. The molecule has 1 atom stereocenters. The summed E-state index contributed by atoms with van der Waals surface area (Å²) in [6.07, 6.45) is 1.21. The summed E-state index contributed by atoms with van der Waals surface area (Å²) in [5.74, 6) is -0.679. The van der Waals surface area contributed by atoms with E-state index < -0.39 is 6.04 Å². The van der Waals surface area contributed by atoms with Gasteiger partial charge in [-0.1, -0.05) is 103 Å². The molecule has 4 rings (SSSR count). The van der Waals surface area contributed by atoms with E-state index in [1.807, 2.05) is 91.9 Å². The Morgan fingerprint density at radius 3 is 1.95 bits per heavy atom. The Labute approximate surface area is 224 Å². The van der Waals surface area contributed by atoms with Crippen molar-refractivity contribution in [1.82, 2.24) is 10.2 Å². The van der Waals surface area contributed by atoms with Gasteiger partial charge in [-0.3, -0.25) is 9.59 Å². The van der Waals surface area contributed by atoms with E-state index in [9.17, 15) is 14.0 Å². The summed E-state index contributed by atoms with van der Waals surface area (Å²) in [5, 5.41) is 3.05. The Kier molecular flexibility index (Phi) is 9.41. The van der Waals surface area contributed by atoms with Crippen LogP contribution in [0, 0.1) is 12.7 Å². The van der Waals surface area contributed by atoms with Crippen LogP contribution in [-0.2, 0) is 35.5 Å². The maximum atomic E-state index is 13.7. The van der Waals surface area contributed by atoms with Crippen LogP contribution < -0.4 is 5.32 Å². The lowest BCUT2D eigenvalue weighted by Gasteiger charge is -2.32. The van der Waals surface area contributed by atoms with Crippen molar-refractivity contribution in [2.75, 3.05) is 0 Å². The standard InChI is InChI=1S/C33H33FN2O2/c1-25-12-14-28(15-13-25)23-35-33(38)31(22-27-10-6-3-7-11-27)36(24-29-16-19-30(34)20-17-29)32(37)21-18-26-8-4-2-5-9-26/h2-17,19-20,31H,18,21-24H2,1H3,(H,35,38)/t31-/m0/s1. The summed E-state index contributed by atoms with van der Waals surface area (Å²) in [5.41, 5.74) is 4.93. The lowest BCUT2D eigenvalue weighted by atomic mass is 10.0. The molecule has 0 saturated carbocycles. The van der Waals surface area contributed by atoms with Gasteiger partial charge in [0.1, 0.15) is 11.9 Å². The summed E-state index contributed by atoms with van der Waals surface area (Å²) in [7, 11) is 0. The largest absolute Gasteiger partial charge is 0.350 e. The predicted octanol–water partition coefficient (Wildman–Crippen LogP) is 6.02. The maximum absolute atomic E-state index is 13.7. The molecule has 0 heterocycles. The number of aryl methyl sites for hydroxylation is 2. The molecule has 1 N–H and O–H groups in total. The quantitative estimate of drug-likeness (QED) is 0.269. The Bertz CT molecular complexity index is 1310. The molecule has 0 aliphatic rings. The molecule has 0 saturated heterocycles. The van der Waals surface area contributed by atoms with E-state index in [0.29, 0.717) is 19.4 Å². The fraction of sp³-hybridized carbons (Fsp3) is 0.212. The lowest BCUT2D eigenvalue weighted by molar-refractivity contribution is -0.141. The third kappa shape index (κ3) is 7.87. The van der Waals surface area contributed by atoms with Crippen molar-refractivity contribution >= 4 is 11.8 Å². The van der Waals surface area contributed by atoms with Crippen LogP contribution in [0.3, 0.4) is 0 Å². The average molecular weight is 509 g/mol. The van der Waals surface area contributed by atoms with Crippen molar-refractivity contribution in [2.24, 2.45) is 0 Å². The summed E-state index contributed by atoms with van der Waals surface area (Å²) in [6, 6.07) is 32.9. The first-order chi connectivity index (χ1) is 18.5. The van der Waals surface area contributed by atoms with E-state index >= 15 is 0 Å². The Morgan fingerprint density at radius 1 is 0.737 bits per heavy atom. The first-order valence-electron chi connectivity index (χ1n) is 12.9. The topological polar surface area (TPSA) is 49.4 Å². The molecule has 0 aliphatic heterocycles. The molecule has 194 valence electrons. The first-order valence-corrected chi connectivity index (χ1v) is 12.9. The van der Waals surface area contributed by atoms with Gasteiger partial charge in [-0.25, -0.2) is 4.39 Å². The van der Waals surface area contributed by atoms with E-state index in [4.69, 9.17) is 0 Å². The highest BCUT2D eigenvalue weighted by atomic mass is 19.1. The summed E-state index contributed by atoms with van der Waals surface area (Å²) in [6.45, 7) is 2.60. The molecule has 4 aromatic rings. The van der Waals surface area contributed by atoms with Crippen LogP contribution in [0.5, 0.6) is 0 Å². The molecule has 0 radical (unpaired) electrons. The van der Waals surface area contributed by atoms with Crippen molar-refractivity contribution in [1.29, 1.82) is 0 Å². The Morgan fingerprint density at radius 2 is 1.32 bits per heavy atom. The Hall–Kier alpha value is -4.25. The number of hydrogen-bond donors (Lipinski definition) is 1. The smallest absolute Gasteiger partial charge is 0.243 e. The highest BCUT2D eigenvalue weighted by molar-refractivity contribution is 5.88. The molecule has 38 heavy (non-hydrogen) atoms. The molecule has 5 heteroatoms. The highest BCUT2D eigenvalue weighted by Gasteiger charge is 2.30. The third-order valence-corrected chi connectivity index (χ3v) is 6.59. The number of carbonyl (C=O) groups excluding carboxylic acids is 2. The van der Waals surface area contributed by atoms with E-state index in [0.717, 1.165) is 27.8 Å². The van der Waals surface area contributed by atoms with Gasteiger partial charge in [0.25, 0.3) is 0 Å². The van der Waals surface area contributed by atoms with Gasteiger partial charge in [-0.2, -0.15) is 0 Å². The van der Waals surface area contributed by atoms with Crippen LogP contribution in [0.1, 0.15) is 34.2 Å². The molecule has 0 fully saturated rings. The van der Waals surface area contributed by atoms with Gasteiger partial charge in [-0.15, -0.1) is 0 Å². The number of halogens is 1. The molecule has 0 spiro atoms. The van der Waals surface area contributed by atoms with Crippen LogP contribution >= 0.6 is 0 Å². The zero-order valence-corrected chi connectivity index (χ0v) is 21.6. The van der Waals surface area contributed by atoms with Gasteiger partial charge in [0.05, 0.1) is 0 Å². The maximum Gasteiger partial charge on any atom is 0.243 e. The minimum atomic E-state index is -0.726. The monoisotopic (exact) mass is 508 g/mol. The van der Waals surface area contributed by atoms with Crippen LogP contribution in [0.15, 0.2) is 109 Å². The van der Waals surface area contributed by atoms with E-state index in [2.05, 4.69) is 5.32 Å². The van der Waals surface area contributed by atoms with E-state index in [1.54, 1.807) is 17.0 Å². The van der Waals surface area contributed by atoms with Crippen molar-refractivity contribution in [2.45, 2.75) is 45.3 Å². The average Bonchev–Trinajstić information content (AvgIpc) is 2.95. The summed E-state index contributed by atoms with van der Waals surface area (Å²) in [4.78, 5) is 29.0. The van der Waals surface area contributed by atoms with Crippen molar-refractivity contribution in [3.05, 3.63) is 143 Å². The summed E-state index contributed by atoms with van der Waals surface area (Å²) < 4.78 is 13.6. The highest BCUT2D eigenvalue weighted by Crippen LogP contribution is 2.18. The molecular weight excluding hydrogens is 475 g/mol. The SMILES string of the molecule is Cc1ccc(CNC(=O)[C@H](Cc2ccccc2)N(Cc2ccc(F)cc2)C(=O)CCc2ccccc2)cc1. The van der Waals surface area contributed by atoms with Crippen molar-refractivity contribution < 1.29 is 14.0 Å². The molecule has 0 bridgehead atoms. The number of carbonyl (C=O) groups is 2. The van der Waals surface area contributed by atoms with Crippen LogP contribution in [0.4, 0.5) is 4.39 Å². The minimum Gasteiger partial charge on any atom is -0.350 e. The number of amides is 2.